The number of hydrogen-bond acceptors (Lipinski definition) is 4. The highest BCUT2D eigenvalue weighted by atomic mass is 15.4. The summed E-state index contributed by atoms with van der Waals surface area (Å²) in [5.74, 6) is 2.09. The highest BCUT2D eigenvalue weighted by Crippen LogP contribution is 2.46. The lowest BCUT2D eigenvalue weighted by Crippen LogP contribution is -2.72. The topological polar surface area (TPSA) is 47.0 Å². The number of rotatable bonds is 4. The van der Waals surface area contributed by atoms with Crippen LogP contribution in [0.2, 0.25) is 0 Å². The van der Waals surface area contributed by atoms with Crippen LogP contribution >= 0.6 is 0 Å². The first-order valence-corrected chi connectivity index (χ1v) is 10.2. The van der Waals surface area contributed by atoms with Gasteiger partial charge in [0.15, 0.2) is 5.96 Å². The molecule has 3 heterocycles. The zero-order valence-electron chi connectivity index (χ0n) is 17.9. The number of aromatic nitrogens is 1. The Morgan fingerprint density at radius 1 is 1.19 bits per heavy atom. The van der Waals surface area contributed by atoms with Crippen molar-refractivity contribution in [1.29, 1.82) is 0 Å². The van der Waals surface area contributed by atoms with E-state index in [0.717, 1.165) is 51.0 Å². The lowest BCUT2D eigenvalue weighted by atomic mass is 9.65. The minimum atomic E-state index is 0.108. The van der Waals surface area contributed by atoms with E-state index < -0.39 is 0 Å². The molecule has 0 atom stereocenters. The van der Waals surface area contributed by atoms with E-state index in [1.54, 1.807) is 0 Å². The first-order chi connectivity index (χ1) is 12.7. The maximum Gasteiger partial charge on any atom is 0.194 e. The molecule has 1 N–H and O–H groups in total. The van der Waals surface area contributed by atoms with E-state index >= 15 is 0 Å². The van der Waals surface area contributed by atoms with Gasteiger partial charge in [0.2, 0.25) is 0 Å². The summed E-state index contributed by atoms with van der Waals surface area (Å²) in [4.78, 5) is 16.7. The van der Waals surface area contributed by atoms with E-state index in [2.05, 4.69) is 78.8 Å². The quantitative estimate of drug-likeness (QED) is 0.650. The molecule has 0 saturated carbocycles. The van der Waals surface area contributed by atoms with Gasteiger partial charge in [0.1, 0.15) is 5.82 Å². The average Bonchev–Trinajstić information content (AvgIpc) is 2.64. The molecule has 0 aromatic carbocycles. The Labute approximate surface area is 164 Å². The van der Waals surface area contributed by atoms with E-state index in [1.165, 1.54) is 5.56 Å². The molecule has 2 aliphatic rings. The molecule has 2 fully saturated rings. The van der Waals surface area contributed by atoms with Crippen molar-refractivity contribution in [2.24, 2.45) is 10.4 Å². The molecule has 27 heavy (non-hydrogen) atoms. The summed E-state index contributed by atoms with van der Waals surface area (Å²) < 4.78 is 0. The maximum absolute atomic E-state index is 4.94. The van der Waals surface area contributed by atoms with Crippen LogP contribution < -0.4 is 10.2 Å². The number of nitrogens with zero attached hydrogens (tertiary/aromatic N) is 5. The third kappa shape index (κ3) is 4.05. The van der Waals surface area contributed by atoms with E-state index in [4.69, 9.17) is 4.99 Å². The van der Waals surface area contributed by atoms with Crippen molar-refractivity contribution in [3.8, 4) is 0 Å². The highest BCUT2D eigenvalue weighted by Gasteiger charge is 2.53. The van der Waals surface area contributed by atoms with Gasteiger partial charge < -0.3 is 20.0 Å². The average molecular weight is 373 g/mol. The number of piperazine rings is 1. The van der Waals surface area contributed by atoms with E-state index in [-0.39, 0.29) is 5.54 Å². The van der Waals surface area contributed by atoms with Gasteiger partial charge in [0.25, 0.3) is 0 Å². The summed E-state index contributed by atoms with van der Waals surface area (Å²) in [6, 6.07) is 4.28. The molecule has 2 saturated heterocycles. The Morgan fingerprint density at radius 3 is 2.48 bits per heavy atom. The van der Waals surface area contributed by atoms with Gasteiger partial charge in [-0.05, 0) is 45.5 Å². The van der Waals surface area contributed by atoms with Gasteiger partial charge in [-0.1, -0.05) is 13.8 Å². The van der Waals surface area contributed by atoms with Crippen LogP contribution in [-0.4, -0.2) is 72.6 Å². The van der Waals surface area contributed by atoms with Gasteiger partial charge in [-0.3, -0.25) is 0 Å². The lowest BCUT2D eigenvalue weighted by molar-refractivity contribution is -0.0667. The van der Waals surface area contributed by atoms with Gasteiger partial charge in [-0.2, -0.15) is 0 Å². The van der Waals surface area contributed by atoms with E-state index in [9.17, 15) is 0 Å². The van der Waals surface area contributed by atoms with Crippen molar-refractivity contribution in [2.45, 2.75) is 46.7 Å². The lowest BCUT2D eigenvalue weighted by Gasteiger charge is -2.62. The largest absolute Gasteiger partial charge is 0.356 e. The second kappa shape index (κ2) is 7.66. The van der Waals surface area contributed by atoms with Crippen LogP contribution in [0.25, 0.3) is 0 Å². The number of likely N-dealkylation sites (tertiary alicyclic amines) is 1. The fraction of sp³-hybridized carbons (Fsp3) is 0.714. The number of nitrogens with one attached hydrogen (secondary N) is 1. The molecular weight excluding hydrogens is 336 g/mol. The third-order valence-electron chi connectivity index (χ3n) is 6.52. The number of pyridine rings is 1. The summed E-state index contributed by atoms with van der Waals surface area (Å²) in [5, 5.41) is 3.48. The molecule has 0 amide bonds. The minimum Gasteiger partial charge on any atom is -0.356 e. The molecule has 6 nitrogen and oxygen atoms in total. The number of anilines is 1. The van der Waals surface area contributed by atoms with Crippen LogP contribution in [0.15, 0.2) is 23.3 Å². The number of likely N-dealkylation sites (N-methyl/N-ethyl adjacent to an activating group) is 1. The minimum absolute atomic E-state index is 0.108. The fourth-order valence-corrected chi connectivity index (χ4v) is 3.73. The predicted molar refractivity (Wildman–Crippen MR) is 113 cm³/mol. The number of guanidine groups is 1. The second-order valence-corrected chi connectivity index (χ2v) is 9.01. The standard InChI is InChI=1S/C21H36N6/c1-7-22-19(27-16-20(2,3)21(27,4)5)24-15-17-8-9-23-18(14-17)26-12-10-25(6)11-13-26/h8-9,14H,7,10-13,15-16H2,1-6H3,(H,22,24). The Balaban J connectivity index is 1.71. The normalized spacial score (nSPS) is 22.5. The summed E-state index contributed by atoms with van der Waals surface area (Å²) in [5.41, 5.74) is 1.62. The zero-order valence-corrected chi connectivity index (χ0v) is 17.9. The first-order valence-electron chi connectivity index (χ1n) is 10.2. The van der Waals surface area contributed by atoms with Crippen LogP contribution in [-0.2, 0) is 6.54 Å². The maximum atomic E-state index is 4.94. The molecule has 0 aliphatic carbocycles. The Bertz CT molecular complexity index is 673. The summed E-state index contributed by atoms with van der Waals surface area (Å²) in [6.45, 7) is 18.3. The molecule has 0 bridgehead atoms. The van der Waals surface area contributed by atoms with Crippen molar-refractivity contribution in [2.75, 3.05) is 51.2 Å². The highest BCUT2D eigenvalue weighted by molar-refractivity contribution is 5.82. The SMILES string of the molecule is CCNC(=NCc1ccnc(N2CCN(C)CC2)c1)N1CC(C)(C)C1(C)C. The van der Waals surface area contributed by atoms with Crippen LogP contribution in [0.3, 0.4) is 0 Å². The smallest absolute Gasteiger partial charge is 0.194 e. The molecule has 2 aliphatic heterocycles. The molecule has 150 valence electrons. The van der Waals surface area contributed by atoms with Crippen molar-refractivity contribution in [1.82, 2.24) is 20.1 Å². The van der Waals surface area contributed by atoms with Crippen molar-refractivity contribution >= 4 is 11.8 Å². The van der Waals surface area contributed by atoms with Crippen LogP contribution in [0.5, 0.6) is 0 Å². The van der Waals surface area contributed by atoms with Crippen LogP contribution in [0.4, 0.5) is 5.82 Å². The molecular formula is C21H36N6. The van der Waals surface area contributed by atoms with Gasteiger partial charge in [0.05, 0.1) is 6.54 Å². The van der Waals surface area contributed by atoms with Gasteiger partial charge in [-0.15, -0.1) is 0 Å². The molecule has 0 unspecified atom stereocenters. The van der Waals surface area contributed by atoms with Crippen molar-refractivity contribution in [3.05, 3.63) is 23.9 Å². The first kappa shape index (κ1) is 19.9. The Kier molecular flexibility index (Phi) is 5.65. The number of hydrogen-bond donors (Lipinski definition) is 1. The molecule has 1 aromatic rings. The zero-order chi connectivity index (χ0) is 19.7. The van der Waals surface area contributed by atoms with Crippen LogP contribution in [0, 0.1) is 5.41 Å². The Morgan fingerprint density at radius 2 is 1.89 bits per heavy atom. The van der Waals surface area contributed by atoms with Crippen LogP contribution in [0.1, 0.15) is 40.2 Å². The summed E-state index contributed by atoms with van der Waals surface area (Å²) >= 11 is 0. The number of aliphatic imine (C=N–C) groups is 1. The summed E-state index contributed by atoms with van der Waals surface area (Å²) in [6.07, 6.45) is 1.92. The van der Waals surface area contributed by atoms with Gasteiger partial charge in [-0.25, -0.2) is 9.98 Å². The Hall–Kier alpha value is -1.82. The molecule has 1 aromatic heterocycles. The van der Waals surface area contributed by atoms with E-state index in [0.29, 0.717) is 12.0 Å². The molecule has 0 spiro atoms. The molecule has 0 radical (unpaired) electrons. The second-order valence-electron chi connectivity index (χ2n) is 9.01. The van der Waals surface area contributed by atoms with Gasteiger partial charge >= 0.3 is 0 Å². The molecule has 6 heteroatoms. The summed E-state index contributed by atoms with van der Waals surface area (Å²) in [7, 11) is 2.18. The predicted octanol–water partition coefficient (Wildman–Crippen LogP) is 2.42. The third-order valence-corrected chi connectivity index (χ3v) is 6.52. The van der Waals surface area contributed by atoms with Crippen molar-refractivity contribution < 1.29 is 0 Å². The van der Waals surface area contributed by atoms with Gasteiger partial charge in [0, 0.05) is 56.4 Å². The van der Waals surface area contributed by atoms with E-state index in [1.807, 2.05) is 6.20 Å². The fourth-order valence-electron chi connectivity index (χ4n) is 3.73. The molecule has 3 rings (SSSR count). The monoisotopic (exact) mass is 372 g/mol. The van der Waals surface area contributed by atoms with Crippen molar-refractivity contribution in [3.63, 3.8) is 0 Å².